The lowest BCUT2D eigenvalue weighted by molar-refractivity contribution is 0.166. The van der Waals surface area contributed by atoms with Crippen molar-refractivity contribution in [1.82, 2.24) is 9.55 Å². The molecule has 0 spiro atoms. The predicted molar refractivity (Wildman–Crippen MR) is 67.6 cm³/mol. The molecule has 0 radical (unpaired) electrons. The SMILES string of the molecule is Cc1ccc(C(O)CCc2nccn2C)cc1F. The minimum Gasteiger partial charge on any atom is -0.388 e. The van der Waals surface area contributed by atoms with E-state index < -0.39 is 6.10 Å². The first-order valence-electron chi connectivity index (χ1n) is 5.98. The highest BCUT2D eigenvalue weighted by Crippen LogP contribution is 2.20. The van der Waals surface area contributed by atoms with Gasteiger partial charge in [0.1, 0.15) is 11.6 Å². The van der Waals surface area contributed by atoms with Crippen LogP contribution in [-0.4, -0.2) is 14.7 Å². The van der Waals surface area contributed by atoms with Crippen molar-refractivity contribution in [2.45, 2.75) is 25.9 Å². The van der Waals surface area contributed by atoms with Gasteiger partial charge in [0.2, 0.25) is 0 Å². The molecule has 1 aromatic heterocycles. The highest BCUT2D eigenvalue weighted by atomic mass is 19.1. The summed E-state index contributed by atoms with van der Waals surface area (Å²) >= 11 is 0. The van der Waals surface area contributed by atoms with Gasteiger partial charge in [0.15, 0.2) is 0 Å². The van der Waals surface area contributed by atoms with Crippen molar-refractivity contribution in [3.05, 3.63) is 53.4 Å². The van der Waals surface area contributed by atoms with Crippen LogP contribution in [0.15, 0.2) is 30.6 Å². The molecule has 2 aromatic rings. The highest BCUT2D eigenvalue weighted by Gasteiger charge is 2.11. The second kappa shape index (κ2) is 5.31. The molecule has 0 saturated carbocycles. The van der Waals surface area contributed by atoms with Crippen molar-refractivity contribution >= 4 is 0 Å². The Balaban J connectivity index is 2.01. The van der Waals surface area contributed by atoms with Crippen LogP contribution in [0.4, 0.5) is 4.39 Å². The van der Waals surface area contributed by atoms with E-state index in [-0.39, 0.29) is 5.82 Å². The Hall–Kier alpha value is -1.68. The number of imidazole rings is 1. The molecule has 18 heavy (non-hydrogen) atoms. The third-order valence-electron chi connectivity index (χ3n) is 3.14. The molecule has 4 heteroatoms. The topological polar surface area (TPSA) is 38.1 Å². The first-order valence-corrected chi connectivity index (χ1v) is 5.98. The average molecular weight is 248 g/mol. The molecule has 0 bridgehead atoms. The smallest absolute Gasteiger partial charge is 0.126 e. The largest absolute Gasteiger partial charge is 0.388 e. The van der Waals surface area contributed by atoms with E-state index >= 15 is 0 Å². The Kier molecular flexibility index (Phi) is 3.77. The van der Waals surface area contributed by atoms with Gasteiger partial charge in [-0.25, -0.2) is 9.37 Å². The maximum Gasteiger partial charge on any atom is 0.126 e. The van der Waals surface area contributed by atoms with Crippen molar-refractivity contribution in [1.29, 1.82) is 0 Å². The van der Waals surface area contributed by atoms with Crippen molar-refractivity contribution < 1.29 is 9.50 Å². The fraction of sp³-hybridized carbons (Fsp3) is 0.357. The van der Waals surface area contributed by atoms with E-state index in [1.165, 1.54) is 6.07 Å². The van der Waals surface area contributed by atoms with Crippen LogP contribution in [0.5, 0.6) is 0 Å². The Morgan fingerprint density at radius 3 is 2.83 bits per heavy atom. The number of aromatic nitrogens is 2. The van der Waals surface area contributed by atoms with E-state index in [2.05, 4.69) is 4.98 Å². The number of halogens is 1. The van der Waals surface area contributed by atoms with Crippen molar-refractivity contribution in [2.75, 3.05) is 0 Å². The zero-order valence-electron chi connectivity index (χ0n) is 10.6. The number of nitrogens with zero attached hydrogens (tertiary/aromatic N) is 2. The minimum atomic E-state index is -0.656. The average Bonchev–Trinajstić information content (AvgIpc) is 2.75. The number of hydrogen-bond donors (Lipinski definition) is 1. The lowest BCUT2D eigenvalue weighted by Gasteiger charge is -2.11. The third kappa shape index (κ3) is 2.76. The van der Waals surface area contributed by atoms with Gasteiger partial charge in [-0.2, -0.15) is 0 Å². The molecule has 1 unspecified atom stereocenters. The fourth-order valence-corrected chi connectivity index (χ4v) is 1.89. The summed E-state index contributed by atoms with van der Waals surface area (Å²) < 4.78 is 15.3. The van der Waals surface area contributed by atoms with E-state index in [4.69, 9.17) is 0 Å². The summed E-state index contributed by atoms with van der Waals surface area (Å²) in [6, 6.07) is 4.86. The van der Waals surface area contributed by atoms with E-state index in [0.717, 1.165) is 5.82 Å². The van der Waals surface area contributed by atoms with Crippen LogP contribution in [0.3, 0.4) is 0 Å². The summed E-state index contributed by atoms with van der Waals surface area (Å²) in [5.41, 5.74) is 1.21. The Bertz CT molecular complexity index is 536. The molecule has 0 amide bonds. The van der Waals surface area contributed by atoms with Gasteiger partial charge in [-0.1, -0.05) is 12.1 Å². The lowest BCUT2D eigenvalue weighted by atomic mass is 10.0. The molecular formula is C14H17FN2O. The molecule has 3 nitrogen and oxygen atoms in total. The summed E-state index contributed by atoms with van der Waals surface area (Å²) in [7, 11) is 1.92. The zero-order chi connectivity index (χ0) is 13.1. The molecule has 1 heterocycles. The van der Waals surface area contributed by atoms with Crippen LogP contribution < -0.4 is 0 Å². The zero-order valence-corrected chi connectivity index (χ0v) is 10.6. The van der Waals surface area contributed by atoms with Crippen LogP contribution in [0.2, 0.25) is 0 Å². The van der Waals surface area contributed by atoms with Gasteiger partial charge in [-0.05, 0) is 30.5 Å². The van der Waals surface area contributed by atoms with Crippen LogP contribution >= 0.6 is 0 Å². The minimum absolute atomic E-state index is 0.274. The number of aryl methyl sites for hydroxylation is 3. The van der Waals surface area contributed by atoms with E-state index in [1.54, 1.807) is 25.3 Å². The van der Waals surface area contributed by atoms with Crippen LogP contribution in [0.1, 0.15) is 29.5 Å². The van der Waals surface area contributed by atoms with E-state index in [1.807, 2.05) is 17.8 Å². The van der Waals surface area contributed by atoms with Crippen LogP contribution in [0, 0.1) is 12.7 Å². The Morgan fingerprint density at radius 2 is 2.22 bits per heavy atom. The number of aliphatic hydroxyl groups excluding tert-OH is 1. The second-order valence-corrected chi connectivity index (χ2v) is 4.52. The maximum absolute atomic E-state index is 13.4. The summed E-state index contributed by atoms with van der Waals surface area (Å²) in [6.45, 7) is 1.71. The highest BCUT2D eigenvalue weighted by molar-refractivity contribution is 5.24. The molecule has 2 rings (SSSR count). The summed E-state index contributed by atoms with van der Waals surface area (Å²) in [5.74, 6) is 0.644. The molecule has 0 aliphatic heterocycles. The van der Waals surface area contributed by atoms with E-state index in [9.17, 15) is 9.50 Å². The second-order valence-electron chi connectivity index (χ2n) is 4.52. The number of rotatable bonds is 4. The number of aliphatic hydroxyl groups is 1. The molecule has 1 atom stereocenters. The summed E-state index contributed by atoms with van der Waals surface area (Å²) in [5, 5.41) is 10.0. The van der Waals surface area contributed by atoms with Gasteiger partial charge in [0, 0.05) is 25.9 Å². The molecule has 0 saturated heterocycles. The number of benzene rings is 1. The molecule has 0 aliphatic carbocycles. The monoisotopic (exact) mass is 248 g/mol. The molecule has 1 aromatic carbocycles. The molecule has 1 N–H and O–H groups in total. The molecular weight excluding hydrogens is 231 g/mol. The molecule has 96 valence electrons. The standard InChI is InChI=1S/C14H17FN2O/c1-10-3-4-11(9-12(10)15)13(18)5-6-14-16-7-8-17(14)2/h3-4,7-9,13,18H,5-6H2,1-2H3. The normalized spacial score (nSPS) is 12.7. The van der Waals surface area contributed by atoms with Gasteiger partial charge >= 0.3 is 0 Å². The van der Waals surface area contributed by atoms with Crippen LogP contribution in [-0.2, 0) is 13.5 Å². The van der Waals surface area contributed by atoms with Crippen molar-refractivity contribution in [3.63, 3.8) is 0 Å². The van der Waals surface area contributed by atoms with Gasteiger partial charge in [0.25, 0.3) is 0 Å². The number of hydrogen-bond acceptors (Lipinski definition) is 2. The Morgan fingerprint density at radius 1 is 1.44 bits per heavy atom. The van der Waals surface area contributed by atoms with Gasteiger partial charge < -0.3 is 9.67 Å². The molecule has 0 fully saturated rings. The first kappa shape index (κ1) is 12.8. The van der Waals surface area contributed by atoms with Gasteiger partial charge in [0.05, 0.1) is 6.10 Å². The maximum atomic E-state index is 13.4. The van der Waals surface area contributed by atoms with Crippen LogP contribution in [0.25, 0.3) is 0 Å². The lowest BCUT2D eigenvalue weighted by Crippen LogP contribution is -2.04. The first-order chi connectivity index (χ1) is 8.58. The Labute approximate surface area is 106 Å². The van der Waals surface area contributed by atoms with Crippen molar-refractivity contribution in [2.24, 2.45) is 7.05 Å². The summed E-state index contributed by atoms with van der Waals surface area (Å²) in [6.07, 6.45) is 4.14. The van der Waals surface area contributed by atoms with E-state index in [0.29, 0.717) is 24.0 Å². The quantitative estimate of drug-likeness (QED) is 0.903. The van der Waals surface area contributed by atoms with Gasteiger partial charge in [-0.3, -0.25) is 0 Å². The third-order valence-corrected chi connectivity index (χ3v) is 3.14. The van der Waals surface area contributed by atoms with Crippen molar-refractivity contribution in [3.8, 4) is 0 Å². The summed E-state index contributed by atoms with van der Waals surface area (Å²) in [4.78, 5) is 4.19. The molecule has 0 aliphatic rings. The fourth-order valence-electron chi connectivity index (χ4n) is 1.89. The predicted octanol–water partition coefficient (Wildman–Crippen LogP) is 2.53. The van der Waals surface area contributed by atoms with Gasteiger partial charge in [-0.15, -0.1) is 0 Å².